The third-order valence-corrected chi connectivity index (χ3v) is 4.52. The molecule has 2 amide bonds. The van der Waals surface area contributed by atoms with E-state index in [4.69, 9.17) is 9.57 Å². The van der Waals surface area contributed by atoms with E-state index in [2.05, 4.69) is 0 Å². The van der Waals surface area contributed by atoms with Crippen molar-refractivity contribution in [1.29, 1.82) is 0 Å². The molecule has 2 aliphatic heterocycles. The van der Waals surface area contributed by atoms with E-state index in [-0.39, 0.29) is 23.0 Å². The van der Waals surface area contributed by atoms with Crippen LogP contribution in [0.4, 0.5) is 0 Å². The maximum atomic E-state index is 12.5. The summed E-state index contributed by atoms with van der Waals surface area (Å²) < 4.78 is 5.31. The van der Waals surface area contributed by atoms with E-state index in [0.717, 1.165) is 12.8 Å². The molecule has 0 bridgehead atoms. The van der Waals surface area contributed by atoms with E-state index >= 15 is 0 Å². The average Bonchev–Trinajstić information content (AvgIpc) is 2.82. The second-order valence-corrected chi connectivity index (χ2v) is 5.83. The van der Waals surface area contributed by atoms with Gasteiger partial charge in [-0.3, -0.25) is 9.59 Å². The van der Waals surface area contributed by atoms with Crippen molar-refractivity contribution in [3.8, 4) is 0 Å². The summed E-state index contributed by atoms with van der Waals surface area (Å²) in [5, 5.41) is 0.592. The maximum absolute atomic E-state index is 12.5. The summed E-state index contributed by atoms with van der Waals surface area (Å²) in [5.74, 6) is -1.85. The van der Waals surface area contributed by atoms with Crippen molar-refractivity contribution in [2.75, 3.05) is 13.2 Å². The molecule has 0 saturated carbocycles. The summed E-state index contributed by atoms with van der Waals surface area (Å²) in [6, 6.07) is 6.46. The van der Waals surface area contributed by atoms with Crippen LogP contribution < -0.4 is 0 Å². The first kappa shape index (κ1) is 15.7. The van der Waals surface area contributed by atoms with Crippen LogP contribution in [0.5, 0.6) is 0 Å². The van der Waals surface area contributed by atoms with Crippen molar-refractivity contribution in [1.82, 2.24) is 5.06 Å². The van der Waals surface area contributed by atoms with Gasteiger partial charge in [0.15, 0.2) is 0 Å². The Labute approximate surface area is 134 Å². The zero-order chi connectivity index (χ0) is 16.4. The molecule has 1 aromatic rings. The van der Waals surface area contributed by atoms with Crippen molar-refractivity contribution in [3.05, 3.63) is 35.4 Å². The van der Waals surface area contributed by atoms with Gasteiger partial charge in [0.05, 0.1) is 17.0 Å². The minimum absolute atomic E-state index is 0.163. The van der Waals surface area contributed by atoms with Crippen LogP contribution in [0.15, 0.2) is 24.3 Å². The predicted octanol–water partition coefficient (Wildman–Crippen LogP) is 2.19. The van der Waals surface area contributed by atoms with E-state index in [1.807, 2.05) is 6.92 Å². The zero-order valence-electron chi connectivity index (χ0n) is 13.0. The van der Waals surface area contributed by atoms with Gasteiger partial charge in [0, 0.05) is 13.2 Å². The Hall–Kier alpha value is -2.21. The fraction of sp³-hybridized carbons (Fsp3) is 0.471. The van der Waals surface area contributed by atoms with E-state index in [0.29, 0.717) is 24.7 Å². The lowest BCUT2D eigenvalue weighted by molar-refractivity contribution is -0.177. The monoisotopic (exact) mass is 317 g/mol. The highest BCUT2D eigenvalue weighted by molar-refractivity contribution is 6.20. The van der Waals surface area contributed by atoms with Crippen LogP contribution in [0.1, 0.15) is 46.9 Å². The fourth-order valence-corrected chi connectivity index (χ4v) is 3.22. The fourth-order valence-electron chi connectivity index (χ4n) is 3.22. The lowest BCUT2D eigenvalue weighted by atomic mass is 9.84. The highest BCUT2D eigenvalue weighted by atomic mass is 16.7. The van der Waals surface area contributed by atoms with Crippen LogP contribution in [-0.4, -0.2) is 36.1 Å². The Morgan fingerprint density at radius 3 is 2.30 bits per heavy atom. The van der Waals surface area contributed by atoms with Crippen LogP contribution >= 0.6 is 0 Å². The SMILES string of the molecule is CCC(C(=O)ON1C(=O)c2ccccc2C1=O)C1CCOCC1. The molecule has 2 aliphatic rings. The molecule has 1 saturated heterocycles. The Morgan fingerprint density at radius 1 is 1.22 bits per heavy atom. The lowest BCUT2D eigenvalue weighted by Crippen LogP contribution is -2.38. The molecule has 1 aromatic carbocycles. The number of hydrogen-bond acceptors (Lipinski definition) is 5. The number of imide groups is 1. The second kappa shape index (κ2) is 6.50. The molecule has 122 valence electrons. The molecule has 0 N–H and O–H groups in total. The molecule has 0 radical (unpaired) electrons. The first-order chi connectivity index (χ1) is 11.1. The van der Waals surface area contributed by atoms with Gasteiger partial charge >= 0.3 is 5.97 Å². The number of carbonyl (C=O) groups excluding carboxylic acids is 3. The first-order valence-electron chi connectivity index (χ1n) is 7.90. The molecule has 1 atom stereocenters. The summed E-state index contributed by atoms with van der Waals surface area (Å²) in [4.78, 5) is 42.1. The molecule has 3 rings (SSSR count). The standard InChI is InChI=1S/C17H19NO5/c1-2-12(11-7-9-22-10-8-11)17(21)23-18-15(19)13-5-3-4-6-14(13)16(18)20/h3-6,11-12H,2,7-10H2,1H3. The highest BCUT2D eigenvalue weighted by Crippen LogP contribution is 2.29. The molecule has 23 heavy (non-hydrogen) atoms. The van der Waals surface area contributed by atoms with Crippen LogP contribution in [-0.2, 0) is 14.4 Å². The van der Waals surface area contributed by atoms with Crippen molar-refractivity contribution in [3.63, 3.8) is 0 Å². The van der Waals surface area contributed by atoms with Crippen molar-refractivity contribution in [2.45, 2.75) is 26.2 Å². The minimum Gasteiger partial charge on any atom is -0.381 e. The number of rotatable bonds is 4. The van der Waals surface area contributed by atoms with Gasteiger partial charge in [-0.05, 0) is 37.3 Å². The smallest absolute Gasteiger partial charge is 0.336 e. The molecule has 1 fully saturated rings. The summed E-state index contributed by atoms with van der Waals surface area (Å²) in [6.07, 6.45) is 2.18. The molecule has 0 aromatic heterocycles. The molecular weight excluding hydrogens is 298 g/mol. The number of fused-ring (bicyclic) bond motifs is 1. The van der Waals surface area contributed by atoms with Crippen LogP contribution in [0.2, 0.25) is 0 Å². The van der Waals surface area contributed by atoms with Gasteiger partial charge in [0.2, 0.25) is 0 Å². The maximum Gasteiger partial charge on any atom is 0.336 e. The van der Waals surface area contributed by atoms with Gasteiger partial charge in [-0.25, -0.2) is 4.79 Å². The van der Waals surface area contributed by atoms with Crippen LogP contribution in [0.3, 0.4) is 0 Å². The zero-order valence-corrected chi connectivity index (χ0v) is 13.0. The summed E-state index contributed by atoms with van der Waals surface area (Å²) in [5.41, 5.74) is 0.536. The number of hydrogen-bond donors (Lipinski definition) is 0. The van der Waals surface area contributed by atoms with E-state index in [1.165, 1.54) is 0 Å². The highest BCUT2D eigenvalue weighted by Gasteiger charge is 2.40. The van der Waals surface area contributed by atoms with E-state index < -0.39 is 17.8 Å². The Kier molecular flexibility index (Phi) is 4.43. The minimum atomic E-state index is -0.583. The molecule has 2 heterocycles. The third kappa shape index (κ3) is 2.86. The average molecular weight is 317 g/mol. The first-order valence-corrected chi connectivity index (χ1v) is 7.90. The lowest BCUT2D eigenvalue weighted by Gasteiger charge is -2.28. The molecule has 6 nitrogen and oxygen atoms in total. The summed E-state index contributed by atoms with van der Waals surface area (Å²) in [6.45, 7) is 3.16. The number of nitrogens with zero attached hydrogens (tertiary/aromatic N) is 1. The normalized spacial score (nSPS) is 19.6. The van der Waals surface area contributed by atoms with Gasteiger partial charge < -0.3 is 9.57 Å². The quantitative estimate of drug-likeness (QED) is 0.796. The molecular formula is C17H19NO5. The van der Waals surface area contributed by atoms with E-state index in [9.17, 15) is 14.4 Å². The topological polar surface area (TPSA) is 72.9 Å². The molecule has 0 aliphatic carbocycles. The van der Waals surface area contributed by atoms with Crippen molar-refractivity contribution >= 4 is 17.8 Å². The number of ether oxygens (including phenoxy) is 1. The van der Waals surface area contributed by atoms with Crippen LogP contribution in [0, 0.1) is 11.8 Å². The third-order valence-electron chi connectivity index (χ3n) is 4.52. The summed E-state index contributed by atoms with van der Waals surface area (Å²) in [7, 11) is 0. The van der Waals surface area contributed by atoms with Gasteiger partial charge in [-0.15, -0.1) is 0 Å². The predicted molar refractivity (Wildman–Crippen MR) is 80.4 cm³/mol. The van der Waals surface area contributed by atoms with Crippen molar-refractivity contribution < 1.29 is 24.0 Å². The van der Waals surface area contributed by atoms with Gasteiger partial charge in [0.1, 0.15) is 0 Å². The Bertz CT molecular complexity index is 601. The van der Waals surface area contributed by atoms with Gasteiger partial charge in [0.25, 0.3) is 11.8 Å². The van der Waals surface area contributed by atoms with Gasteiger partial charge in [-0.2, -0.15) is 0 Å². The second-order valence-electron chi connectivity index (χ2n) is 5.83. The molecule has 0 spiro atoms. The number of amides is 2. The summed E-state index contributed by atoms with van der Waals surface area (Å²) >= 11 is 0. The van der Waals surface area contributed by atoms with E-state index in [1.54, 1.807) is 24.3 Å². The molecule has 1 unspecified atom stereocenters. The van der Waals surface area contributed by atoms with Gasteiger partial charge in [-0.1, -0.05) is 24.1 Å². The Morgan fingerprint density at radius 2 is 1.78 bits per heavy atom. The number of hydroxylamine groups is 2. The molecule has 6 heteroatoms. The number of carbonyl (C=O) groups is 3. The number of benzene rings is 1. The van der Waals surface area contributed by atoms with Crippen LogP contribution in [0.25, 0.3) is 0 Å². The van der Waals surface area contributed by atoms with Crippen molar-refractivity contribution in [2.24, 2.45) is 11.8 Å². The largest absolute Gasteiger partial charge is 0.381 e. The Balaban J connectivity index is 1.72.